The monoisotopic (exact) mass is 271 g/mol. The minimum Gasteiger partial charge on any atom is -0.271 e. The van der Waals surface area contributed by atoms with Crippen molar-refractivity contribution in [1.29, 1.82) is 0 Å². The highest BCUT2D eigenvalue weighted by atomic mass is 35.5. The van der Waals surface area contributed by atoms with Gasteiger partial charge in [0.05, 0.1) is 13.2 Å². The molecule has 1 aromatic rings. The number of carbonyl (C=O) groups excluding carboxylic acids is 1. The smallest absolute Gasteiger partial charge is 0.270 e. The Hall–Kier alpha value is -1.03. The number of hydrogen-bond donors (Lipinski definition) is 0. The maximum Gasteiger partial charge on any atom is 0.270 e. The Balaban J connectivity index is 2.06. The summed E-state index contributed by atoms with van der Waals surface area (Å²) >= 11 is 11.7. The Morgan fingerprint density at radius 3 is 2.59 bits per heavy atom. The van der Waals surface area contributed by atoms with Crippen LogP contribution in [-0.4, -0.2) is 24.1 Å². The molecule has 5 heteroatoms. The molecule has 0 atom stereocenters. The van der Waals surface area contributed by atoms with E-state index >= 15 is 0 Å². The van der Waals surface area contributed by atoms with Gasteiger partial charge in [0.1, 0.15) is 0 Å². The molecule has 90 valence electrons. The second-order valence-corrected chi connectivity index (χ2v) is 4.54. The van der Waals surface area contributed by atoms with Crippen LogP contribution in [0.2, 0.25) is 10.0 Å². The quantitative estimate of drug-likeness (QED) is 0.774. The predicted octanol–water partition coefficient (Wildman–Crippen LogP) is 3.17. The van der Waals surface area contributed by atoms with E-state index < -0.39 is 0 Å². The minimum absolute atomic E-state index is 0.168. The summed E-state index contributed by atoms with van der Waals surface area (Å²) in [7, 11) is 0. The van der Waals surface area contributed by atoms with Crippen LogP contribution in [0.15, 0.2) is 24.3 Å². The Labute approximate surface area is 110 Å². The molecule has 1 aromatic carbocycles. The summed E-state index contributed by atoms with van der Waals surface area (Å²) < 4.78 is 0. The van der Waals surface area contributed by atoms with Gasteiger partial charge in [0.25, 0.3) is 5.91 Å². The molecule has 1 heterocycles. The lowest BCUT2D eigenvalue weighted by Crippen LogP contribution is -2.24. The molecule has 0 saturated carbocycles. The fourth-order valence-corrected chi connectivity index (χ4v) is 2.09. The first-order valence-corrected chi connectivity index (χ1v) is 5.99. The molecule has 1 amide bonds. The van der Waals surface area contributed by atoms with Crippen molar-refractivity contribution in [2.45, 2.75) is 6.42 Å². The number of carbonyl (C=O) groups is 1. The third-order valence-corrected chi connectivity index (χ3v) is 2.74. The van der Waals surface area contributed by atoms with Crippen molar-refractivity contribution in [2.24, 2.45) is 0 Å². The van der Waals surface area contributed by atoms with Gasteiger partial charge in [-0.15, -0.1) is 0 Å². The zero-order chi connectivity index (χ0) is 12.3. The van der Waals surface area contributed by atoms with Gasteiger partial charge in [-0.05, 0) is 36.3 Å². The van der Waals surface area contributed by atoms with Gasteiger partial charge < -0.3 is 0 Å². The molecule has 0 aliphatic carbocycles. The van der Waals surface area contributed by atoms with E-state index in [1.165, 1.54) is 11.1 Å². The average molecular weight is 272 g/mol. The van der Waals surface area contributed by atoms with E-state index in [0.29, 0.717) is 23.2 Å². The van der Waals surface area contributed by atoms with Gasteiger partial charge in [-0.2, -0.15) is 0 Å². The predicted molar refractivity (Wildman–Crippen MR) is 67.8 cm³/mol. The van der Waals surface area contributed by atoms with Crippen molar-refractivity contribution in [3.63, 3.8) is 0 Å². The van der Waals surface area contributed by atoms with E-state index in [1.807, 2.05) is 0 Å². The van der Waals surface area contributed by atoms with Gasteiger partial charge in [0.15, 0.2) is 0 Å². The number of halogens is 2. The number of rotatable bonds is 2. The third kappa shape index (κ3) is 3.46. The molecule has 0 bridgehead atoms. The summed E-state index contributed by atoms with van der Waals surface area (Å²) in [5, 5.41) is 2.44. The first-order valence-electron chi connectivity index (χ1n) is 5.24. The standard InChI is InChI=1S/C12H11Cl2NO2/c13-10-6-9(7-11(14)8-10)2-3-12(16)15-4-1-5-17-15/h2-3,6-8H,1,4-5H2/b3-2+. The fraction of sp³-hybridized carbons (Fsp3) is 0.250. The lowest BCUT2D eigenvalue weighted by molar-refractivity contribution is -0.162. The normalized spacial score (nSPS) is 15.8. The van der Waals surface area contributed by atoms with Crippen molar-refractivity contribution in [3.05, 3.63) is 39.9 Å². The molecular weight excluding hydrogens is 261 g/mol. The highest BCUT2D eigenvalue weighted by Gasteiger charge is 2.16. The number of benzene rings is 1. The SMILES string of the molecule is O=C(/C=C/c1cc(Cl)cc(Cl)c1)N1CCCO1. The number of hydroxylamine groups is 2. The molecule has 1 fully saturated rings. The summed E-state index contributed by atoms with van der Waals surface area (Å²) in [6.07, 6.45) is 4.00. The van der Waals surface area contributed by atoms with Crippen LogP contribution in [0.4, 0.5) is 0 Å². The van der Waals surface area contributed by atoms with Crippen LogP contribution in [0.5, 0.6) is 0 Å². The summed E-state index contributed by atoms with van der Waals surface area (Å²) in [4.78, 5) is 16.8. The second-order valence-electron chi connectivity index (χ2n) is 3.66. The van der Waals surface area contributed by atoms with Crippen LogP contribution in [0.3, 0.4) is 0 Å². The van der Waals surface area contributed by atoms with E-state index in [9.17, 15) is 4.79 Å². The van der Waals surface area contributed by atoms with Crippen LogP contribution in [0, 0.1) is 0 Å². The Kier molecular flexibility index (Phi) is 4.05. The summed E-state index contributed by atoms with van der Waals surface area (Å²) in [6.45, 7) is 1.24. The number of nitrogens with zero attached hydrogens (tertiary/aromatic N) is 1. The number of hydrogen-bond acceptors (Lipinski definition) is 2. The minimum atomic E-state index is -0.168. The second kappa shape index (κ2) is 5.54. The van der Waals surface area contributed by atoms with Crippen molar-refractivity contribution in [1.82, 2.24) is 5.06 Å². The lowest BCUT2D eigenvalue weighted by Gasteiger charge is -2.10. The van der Waals surface area contributed by atoms with E-state index in [-0.39, 0.29) is 5.91 Å². The molecular formula is C12H11Cl2NO2. The summed E-state index contributed by atoms with van der Waals surface area (Å²) in [6, 6.07) is 5.12. The molecule has 3 nitrogen and oxygen atoms in total. The largest absolute Gasteiger partial charge is 0.271 e. The Bertz CT molecular complexity index is 434. The molecule has 0 radical (unpaired) electrons. The van der Waals surface area contributed by atoms with Gasteiger partial charge in [-0.25, -0.2) is 5.06 Å². The van der Waals surface area contributed by atoms with Gasteiger partial charge >= 0.3 is 0 Å². The van der Waals surface area contributed by atoms with Crippen LogP contribution in [-0.2, 0) is 9.63 Å². The van der Waals surface area contributed by atoms with Crippen LogP contribution >= 0.6 is 23.2 Å². The molecule has 1 saturated heterocycles. The third-order valence-electron chi connectivity index (χ3n) is 2.30. The van der Waals surface area contributed by atoms with Crippen molar-refractivity contribution < 1.29 is 9.63 Å². The Morgan fingerprint density at radius 2 is 2.00 bits per heavy atom. The molecule has 0 spiro atoms. The van der Waals surface area contributed by atoms with Gasteiger partial charge in [-0.3, -0.25) is 9.63 Å². The molecule has 1 aliphatic heterocycles. The zero-order valence-electron chi connectivity index (χ0n) is 9.03. The molecule has 2 rings (SSSR count). The first-order chi connectivity index (χ1) is 8.15. The average Bonchev–Trinajstić information content (AvgIpc) is 2.78. The molecule has 0 aromatic heterocycles. The zero-order valence-corrected chi connectivity index (χ0v) is 10.5. The highest BCUT2D eigenvalue weighted by molar-refractivity contribution is 6.34. The maximum absolute atomic E-state index is 11.6. The van der Waals surface area contributed by atoms with Crippen LogP contribution in [0.1, 0.15) is 12.0 Å². The summed E-state index contributed by atoms with van der Waals surface area (Å²) in [5.41, 5.74) is 0.787. The van der Waals surface area contributed by atoms with Gasteiger partial charge in [0.2, 0.25) is 0 Å². The van der Waals surface area contributed by atoms with E-state index in [0.717, 1.165) is 12.0 Å². The highest BCUT2D eigenvalue weighted by Crippen LogP contribution is 2.20. The molecule has 0 N–H and O–H groups in total. The Morgan fingerprint density at radius 1 is 1.29 bits per heavy atom. The molecule has 0 unspecified atom stereocenters. The van der Waals surface area contributed by atoms with Crippen LogP contribution < -0.4 is 0 Å². The van der Waals surface area contributed by atoms with Gasteiger partial charge in [0, 0.05) is 16.1 Å². The lowest BCUT2D eigenvalue weighted by atomic mass is 10.2. The van der Waals surface area contributed by atoms with Crippen molar-refractivity contribution in [3.8, 4) is 0 Å². The molecule has 1 aliphatic rings. The van der Waals surface area contributed by atoms with E-state index in [4.69, 9.17) is 28.0 Å². The van der Waals surface area contributed by atoms with Crippen molar-refractivity contribution in [2.75, 3.05) is 13.2 Å². The molecule has 17 heavy (non-hydrogen) atoms. The number of amides is 1. The summed E-state index contributed by atoms with van der Waals surface area (Å²) in [5.74, 6) is -0.168. The van der Waals surface area contributed by atoms with Crippen LogP contribution in [0.25, 0.3) is 6.08 Å². The van der Waals surface area contributed by atoms with E-state index in [2.05, 4.69) is 0 Å². The van der Waals surface area contributed by atoms with Gasteiger partial charge in [-0.1, -0.05) is 23.2 Å². The topological polar surface area (TPSA) is 29.5 Å². The fourth-order valence-electron chi connectivity index (χ4n) is 1.54. The van der Waals surface area contributed by atoms with Crippen molar-refractivity contribution >= 4 is 35.2 Å². The van der Waals surface area contributed by atoms with E-state index in [1.54, 1.807) is 24.3 Å². The maximum atomic E-state index is 11.6. The first kappa shape index (κ1) is 12.4.